The number of imide groups is 1. The Morgan fingerprint density at radius 1 is 1.00 bits per heavy atom. The standard InChI is InChI=1S/C17H26N2O5/c1-16(2,3)23-14(21)19(15(22)24-17(4,5)6)10-12-8-7-9-13(11-20)18-12/h7-9,20H,10-11H2,1-6H3. The molecule has 1 N–H and O–H groups in total. The lowest BCUT2D eigenvalue weighted by Crippen LogP contribution is -2.43. The van der Waals surface area contributed by atoms with E-state index < -0.39 is 23.4 Å². The Morgan fingerprint density at radius 3 is 1.88 bits per heavy atom. The summed E-state index contributed by atoms with van der Waals surface area (Å²) in [6, 6.07) is 4.99. The van der Waals surface area contributed by atoms with Crippen LogP contribution in [0.2, 0.25) is 0 Å². The van der Waals surface area contributed by atoms with Crippen LogP contribution < -0.4 is 0 Å². The Labute approximate surface area is 142 Å². The topological polar surface area (TPSA) is 89.0 Å². The first-order chi connectivity index (χ1) is 10.9. The highest BCUT2D eigenvalue weighted by Crippen LogP contribution is 2.16. The molecule has 1 aromatic rings. The van der Waals surface area contributed by atoms with Gasteiger partial charge >= 0.3 is 12.2 Å². The van der Waals surface area contributed by atoms with Gasteiger partial charge in [-0.15, -0.1) is 0 Å². The molecule has 0 aliphatic carbocycles. The molecule has 1 aromatic heterocycles. The largest absolute Gasteiger partial charge is 0.443 e. The van der Waals surface area contributed by atoms with Crippen molar-refractivity contribution in [3.63, 3.8) is 0 Å². The molecular weight excluding hydrogens is 312 g/mol. The maximum atomic E-state index is 12.4. The summed E-state index contributed by atoms with van der Waals surface area (Å²) in [7, 11) is 0. The van der Waals surface area contributed by atoms with Gasteiger partial charge in [0.1, 0.15) is 11.2 Å². The van der Waals surface area contributed by atoms with Gasteiger partial charge in [-0.25, -0.2) is 14.5 Å². The van der Waals surface area contributed by atoms with Crippen molar-refractivity contribution < 1.29 is 24.2 Å². The van der Waals surface area contributed by atoms with E-state index in [2.05, 4.69) is 4.98 Å². The molecule has 0 radical (unpaired) electrons. The van der Waals surface area contributed by atoms with E-state index in [0.717, 1.165) is 4.90 Å². The number of amides is 2. The SMILES string of the molecule is CC(C)(C)OC(=O)N(Cc1cccc(CO)n1)C(=O)OC(C)(C)C. The van der Waals surface area contributed by atoms with Gasteiger partial charge in [0.15, 0.2) is 0 Å². The van der Waals surface area contributed by atoms with Gasteiger partial charge in [0.25, 0.3) is 0 Å². The van der Waals surface area contributed by atoms with Crippen LogP contribution in [-0.2, 0) is 22.6 Å². The fraction of sp³-hybridized carbons (Fsp3) is 0.588. The first-order valence-electron chi connectivity index (χ1n) is 7.70. The Morgan fingerprint density at radius 2 is 1.46 bits per heavy atom. The highest BCUT2D eigenvalue weighted by Gasteiger charge is 2.31. The minimum atomic E-state index is -0.812. The van der Waals surface area contributed by atoms with Gasteiger partial charge < -0.3 is 14.6 Å². The molecule has 0 saturated heterocycles. The van der Waals surface area contributed by atoms with Crippen molar-refractivity contribution >= 4 is 12.2 Å². The lowest BCUT2D eigenvalue weighted by atomic mass is 10.2. The number of hydrogen-bond donors (Lipinski definition) is 1. The molecule has 0 unspecified atom stereocenters. The number of pyridine rings is 1. The number of aliphatic hydroxyl groups is 1. The smallest absolute Gasteiger partial charge is 0.420 e. The number of carbonyl (C=O) groups is 2. The first kappa shape index (κ1) is 19.9. The monoisotopic (exact) mass is 338 g/mol. The van der Waals surface area contributed by atoms with Crippen LogP contribution in [0.1, 0.15) is 52.9 Å². The quantitative estimate of drug-likeness (QED) is 0.910. The highest BCUT2D eigenvalue weighted by atomic mass is 16.6. The van der Waals surface area contributed by atoms with E-state index in [-0.39, 0.29) is 13.2 Å². The first-order valence-corrected chi connectivity index (χ1v) is 7.70. The molecule has 2 amide bonds. The molecule has 0 fully saturated rings. The van der Waals surface area contributed by atoms with Gasteiger partial charge in [0.05, 0.1) is 24.5 Å². The zero-order valence-electron chi connectivity index (χ0n) is 15.1. The summed E-state index contributed by atoms with van der Waals surface area (Å²) in [6.45, 7) is 9.92. The molecule has 0 aromatic carbocycles. The van der Waals surface area contributed by atoms with Crippen LogP contribution in [0.5, 0.6) is 0 Å². The number of hydrogen-bond acceptors (Lipinski definition) is 6. The summed E-state index contributed by atoms with van der Waals surface area (Å²) < 4.78 is 10.5. The summed E-state index contributed by atoms with van der Waals surface area (Å²) in [5, 5.41) is 9.16. The third-order valence-corrected chi connectivity index (χ3v) is 2.57. The van der Waals surface area contributed by atoms with E-state index in [1.54, 1.807) is 59.7 Å². The van der Waals surface area contributed by atoms with Gasteiger partial charge in [0, 0.05) is 0 Å². The molecule has 0 spiro atoms. The molecule has 7 nitrogen and oxygen atoms in total. The normalized spacial score (nSPS) is 11.8. The Balaban J connectivity index is 3.03. The maximum Gasteiger partial charge on any atom is 0.420 e. The van der Waals surface area contributed by atoms with Crippen LogP contribution >= 0.6 is 0 Å². The molecule has 1 rings (SSSR count). The summed E-state index contributed by atoms with van der Waals surface area (Å²) in [5.41, 5.74) is -0.616. The second kappa shape index (κ2) is 7.61. The van der Waals surface area contributed by atoms with E-state index in [9.17, 15) is 9.59 Å². The van der Waals surface area contributed by atoms with Crippen LogP contribution in [0.3, 0.4) is 0 Å². The summed E-state index contributed by atoms with van der Waals surface area (Å²) in [4.78, 5) is 29.8. The van der Waals surface area contributed by atoms with E-state index in [1.807, 2.05) is 0 Å². The van der Waals surface area contributed by atoms with E-state index in [4.69, 9.17) is 14.6 Å². The Kier molecular flexibility index (Phi) is 6.31. The molecule has 7 heteroatoms. The number of carbonyl (C=O) groups excluding carboxylic acids is 2. The number of rotatable bonds is 3. The third-order valence-electron chi connectivity index (χ3n) is 2.57. The van der Waals surface area contributed by atoms with Gasteiger partial charge in [-0.1, -0.05) is 6.07 Å². The van der Waals surface area contributed by atoms with Crippen molar-refractivity contribution in [2.75, 3.05) is 0 Å². The molecule has 134 valence electrons. The fourth-order valence-electron chi connectivity index (χ4n) is 1.71. The molecule has 0 atom stereocenters. The molecule has 0 saturated carbocycles. The van der Waals surface area contributed by atoms with Gasteiger partial charge in [-0.2, -0.15) is 0 Å². The summed E-state index contributed by atoms with van der Waals surface area (Å²) in [6.07, 6.45) is -1.62. The van der Waals surface area contributed by atoms with Crippen molar-refractivity contribution in [2.45, 2.75) is 65.9 Å². The van der Waals surface area contributed by atoms with Gasteiger partial charge in [0.2, 0.25) is 0 Å². The third kappa shape index (κ3) is 6.95. The Bertz CT molecular complexity index is 559. The summed E-state index contributed by atoms with van der Waals surface area (Å²) in [5.74, 6) is 0. The maximum absolute atomic E-state index is 12.4. The fourth-order valence-corrected chi connectivity index (χ4v) is 1.71. The lowest BCUT2D eigenvalue weighted by Gasteiger charge is -2.28. The lowest BCUT2D eigenvalue weighted by molar-refractivity contribution is -0.000490. The van der Waals surface area contributed by atoms with Crippen molar-refractivity contribution in [3.05, 3.63) is 29.6 Å². The number of aromatic nitrogens is 1. The molecule has 0 aliphatic heterocycles. The Hall–Kier alpha value is -2.15. The van der Waals surface area contributed by atoms with Crippen molar-refractivity contribution in [2.24, 2.45) is 0 Å². The second-order valence-electron chi connectivity index (χ2n) is 7.33. The average molecular weight is 338 g/mol. The zero-order valence-corrected chi connectivity index (χ0v) is 15.1. The van der Waals surface area contributed by atoms with Crippen LogP contribution in [-0.4, -0.2) is 38.4 Å². The van der Waals surface area contributed by atoms with Gasteiger partial charge in [-0.3, -0.25) is 4.98 Å². The molecule has 0 bridgehead atoms. The van der Waals surface area contributed by atoms with Crippen LogP contribution in [0, 0.1) is 0 Å². The number of aliphatic hydroxyl groups excluding tert-OH is 1. The van der Waals surface area contributed by atoms with Crippen molar-refractivity contribution in [1.82, 2.24) is 9.88 Å². The number of nitrogens with zero attached hydrogens (tertiary/aromatic N) is 2. The van der Waals surface area contributed by atoms with Crippen molar-refractivity contribution in [3.8, 4) is 0 Å². The van der Waals surface area contributed by atoms with Crippen molar-refractivity contribution in [1.29, 1.82) is 0 Å². The predicted octanol–water partition coefficient (Wildman–Crippen LogP) is 3.25. The zero-order chi connectivity index (χ0) is 18.5. The van der Waals surface area contributed by atoms with Gasteiger partial charge in [-0.05, 0) is 53.7 Å². The predicted molar refractivity (Wildman–Crippen MR) is 88.2 cm³/mol. The van der Waals surface area contributed by atoms with Crippen LogP contribution in [0.25, 0.3) is 0 Å². The summed E-state index contributed by atoms with van der Waals surface area (Å²) >= 11 is 0. The van der Waals surface area contributed by atoms with Crippen LogP contribution in [0.15, 0.2) is 18.2 Å². The van der Waals surface area contributed by atoms with E-state index >= 15 is 0 Å². The number of ether oxygens (including phenoxy) is 2. The molecular formula is C17H26N2O5. The van der Waals surface area contributed by atoms with Crippen LogP contribution in [0.4, 0.5) is 9.59 Å². The minimum Gasteiger partial charge on any atom is -0.443 e. The highest BCUT2D eigenvalue weighted by molar-refractivity contribution is 5.88. The molecule has 24 heavy (non-hydrogen) atoms. The second-order valence-corrected chi connectivity index (χ2v) is 7.33. The molecule has 0 aliphatic rings. The van der Waals surface area contributed by atoms with E-state index in [1.165, 1.54) is 0 Å². The minimum absolute atomic E-state index is 0.113. The van der Waals surface area contributed by atoms with E-state index in [0.29, 0.717) is 11.4 Å². The molecule has 1 heterocycles. The average Bonchev–Trinajstić information content (AvgIpc) is 2.41.